The predicted octanol–water partition coefficient (Wildman–Crippen LogP) is 2.48. The summed E-state index contributed by atoms with van der Waals surface area (Å²) in [7, 11) is 1.50. The number of carbonyl (C=O) groups is 1. The number of methoxy groups -OCH3 is 1. The van der Waals surface area contributed by atoms with Crippen LogP contribution in [0.1, 0.15) is 12.8 Å². The molecule has 3 heterocycles. The van der Waals surface area contributed by atoms with E-state index in [0.29, 0.717) is 30.1 Å². The van der Waals surface area contributed by atoms with Gasteiger partial charge in [0.15, 0.2) is 0 Å². The number of carbonyl (C=O) groups excluding carboxylic acids is 1. The number of benzene rings is 1. The van der Waals surface area contributed by atoms with Crippen molar-refractivity contribution in [1.29, 1.82) is 0 Å². The van der Waals surface area contributed by atoms with E-state index in [0.717, 1.165) is 10.8 Å². The fourth-order valence-electron chi connectivity index (χ4n) is 3.35. The average Bonchev–Trinajstić information content (AvgIpc) is 3.13. The molecule has 0 aliphatic carbocycles. The number of rotatable bonds is 5. The minimum atomic E-state index is -0.786. The molecule has 1 saturated heterocycles. The standard InChI is InChI=1S/C19H17N5O5/c1-29-14-8-7-12(11-13(14)22-10-4-6-16(22)25)20-18-17(24(27)28)19(26)23-9-3-2-5-15(23)21-18/h2-3,5,7-9,11,20H,4,6,10H2,1H3. The Morgan fingerprint density at radius 3 is 2.76 bits per heavy atom. The Kier molecular flexibility index (Phi) is 4.59. The zero-order valence-corrected chi connectivity index (χ0v) is 15.5. The molecule has 10 heteroatoms. The maximum absolute atomic E-state index is 12.6. The SMILES string of the molecule is COc1ccc(Nc2nc3ccccn3c(=O)c2[N+](=O)[O-])cc1N1CCCC1=O. The van der Waals surface area contributed by atoms with Crippen LogP contribution in [-0.2, 0) is 4.79 Å². The van der Waals surface area contributed by atoms with Gasteiger partial charge in [0.25, 0.3) is 0 Å². The molecule has 10 nitrogen and oxygen atoms in total. The molecule has 0 spiro atoms. The highest BCUT2D eigenvalue weighted by molar-refractivity contribution is 5.97. The second kappa shape index (κ2) is 7.23. The van der Waals surface area contributed by atoms with Gasteiger partial charge >= 0.3 is 11.2 Å². The van der Waals surface area contributed by atoms with Gasteiger partial charge in [-0.2, -0.15) is 0 Å². The van der Waals surface area contributed by atoms with Gasteiger partial charge < -0.3 is 15.0 Å². The van der Waals surface area contributed by atoms with E-state index in [2.05, 4.69) is 10.3 Å². The second-order valence-corrected chi connectivity index (χ2v) is 6.46. The molecule has 3 aromatic rings. The van der Waals surface area contributed by atoms with Crippen molar-refractivity contribution in [3.63, 3.8) is 0 Å². The molecule has 0 atom stereocenters. The summed E-state index contributed by atoms with van der Waals surface area (Å²) in [5.74, 6) is 0.315. The van der Waals surface area contributed by atoms with Crippen molar-refractivity contribution < 1.29 is 14.5 Å². The molecule has 4 rings (SSSR count). The number of nitro groups is 1. The van der Waals surface area contributed by atoms with E-state index in [1.165, 1.54) is 13.3 Å². The Morgan fingerprint density at radius 1 is 1.24 bits per heavy atom. The Balaban J connectivity index is 1.81. The number of amides is 1. The molecule has 0 saturated carbocycles. The van der Waals surface area contributed by atoms with Gasteiger partial charge in [0, 0.05) is 24.8 Å². The fraction of sp³-hybridized carbons (Fsp3) is 0.211. The lowest BCUT2D eigenvalue weighted by molar-refractivity contribution is -0.385. The Morgan fingerprint density at radius 2 is 2.07 bits per heavy atom. The molecule has 1 fully saturated rings. The van der Waals surface area contributed by atoms with Gasteiger partial charge in [-0.15, -0.1) is 0 Å². The molecule has 0 unspecified atom stereocenters. The van der Waals surface area contributed by atoms with Gasteiger partial charge in [0.2, 0.25) is 11.7 Å². The van der Waals surface area contributed by atoms with Crippen molar-refractivity contribution in [2.24, 2.45) is 0 Å². The molecular weight excluding hydrogens is 378 g/mol. The van der Waals surface area contributed by atoms with Crippen molar-refractivity contribution in [1.82, 2.24) is 9.38 Å². The van der Waals surface area contributed by atoms with Gasteiger partial charge in [-0.1, -0.05) is 6.07 Å². The van der Waals surface area contributed by atoms with Gasteiger partial charge in [0.05, 0.1) is 17.7 Å². The van der Waals surface area contributed by atoms with Crippen LogP contribution in [0.15, 0.2) is 47.4 Å². The maximum atomic E-state index is 12.6. The number of pyridine rings is 1. The summed E-state index contributed by atoms with van der Waals surface area (Å²) >= 11 is 0. The highest BCUT2D eigenvalue weighted by Gasteiger charge is 2.26. The van der Waals surface area contributed by atoms with E-state index >= 15 is 0 Å². The number of nitrogens with zero attached hydrogens (tertiary/aromatic N) is 4. The third-order valence-electron chi connectivity index (χ3n) is 4.70. The van der Waals surface area contributed by atoms with E-state index in [9.17, 15) is 19.7 Å². The molecule has 1 aliphatic heterocycles. The van der Waals surface area contributed by atoms with Gasteiger partial charge in [-0.25, -0.2) is 4.98 Å². The molecule has 148 valence electrons. The van der Waals surface area contributed by atoms with E-state index in [-0.39, 0.29) is 17.4 Å². The van der Waals surface area contributed by atoms with E-state index in [4.69, 9.17) is 4.74 Å². The van der Waals surface area contributed by atoms with Crippen molar-refractivity contribution in [3.8, 4) is 5.75 Å². The lowest BCUT2D eigenvalue weighted by atomic mass is 10.2. The molecule has 1 amide bonds. The number of ether oxygens (including phenoxy) is 1. The smallest absolute Gasteiger partial charge is 0.376 e. The summed E-state index contributed by atoms with van der Waals surface area (Å²) in [6.07, 6.45) is 2.62. The minimum Gasteiger partial charge on any atom is -0.495 e. The summed E-state index contributed by atoms with van der Waals surface area (Å²) in [5.41, 5.74) is -0.181. The first-order chi connectivity index (χ1) is 14.0. The van der Waals surface area contributed by atoms with Crippen molar-refractivity contribution in [2.45, 2.75) is 12.8 Å². The van der Waals surface area contributed by atoms with Crippen LogP contribution in [-0.4, -0.2) is 33.9 Å². The molecule has 1 aliphatic rings. The molecular formula is C19H17N5O5. The normalized spacial score (nSPS) is 13.7. The highest BCUT2D eigenvalue weighted by Crippen LogP contribution is 2.35. The Bertz CT molecular complexity index is 1190. The lowest BCUT2D eigenvalue weighted by Gasteiger charge is -2.20. The first-order valence-electron chi connectivity index (χ1n) is 8.91. The van der Waals surface area contributed by atoms with E-state index < -0.39 is 16.2 Å². The van der Waals surface area contributed by atoms with Crippen LogP contribution in [0.25, 0.3) is 5.65 Å². The Labute approximate surface area is 164 Å². The molecule has 1 N–H and O–H groups in total. The van der Waals surface area contributed by atoms with Crippen LogP contribution < -0.4 is 20.5 Å². The van der Waals surface area contributed by atoms with Crippen LogP contribution in [0.2, 0.25) is 0 Å². The summed E-state index contributed by atoms with van der Waals surface area (Å²) in [6, 6.07) is 9.81. The van der Waals surface area contributed by atoms with E-state index in [1.807, 2.05) is 0 Å². The first kappa shape index (κ1) is 18.4. The third kappa shape index (κ3) is 3.24. The third-order valence-corrected chi connectivity index (χ3v) is 4.70. The number of hydrogen-bond donors (Lipinski definition) is 1. The van der Waals surface area contributed by atoms with Crippen LogP contribution in [0, 0.1) is 10.1 Å². The maximum Gasteiger partial charge on any atom is 0.376 e. The second-order valence-electron chi connectivity index (χ2n) is 6.46. The summed E-state index contributed by atoms with van der Waals surface area (Å²) in [6.45, 7) is 0.564. The number of aromatic nitrogens is 2. The van der Waals surface area contributed by atoms with Gasteiger partial charge in [0.1, 0.15) is 11.4 Å². The number of hydrogen-bond acceptors (Lipinski definition) is 7. The monoisotopic (exact) mass is 395 g/mol. The molecule has 2 aromatic heterocycles. The van der Waals surface area contributed by atoms with Gasteiger partial charge in [-0.05, 0) is 36.8 Å². The zero-order valence-electron chi connectivity index (χ0n) is 15.5. The average molecular weight is 395 g/mol. The van der Waals surface area contributed by atoms with Gasteiger partial charge in [-0.3, -0.25) is 24.1 Å². The van der Waals surface area contributed by atoms with Crippen LogP contribution in [0.3, 0.4) is 0 Å². The topological polar surface area (TPSA) is 119 Å². The molecule has 0 radical (unpaired) electrons. The summed E-state index contributed by atoms with van der Waals surface area (Å²) in [4.78, 5) is 41.3. The molecule has 0 bridgehead atoms. The molecule has 1 aromatic carbocycles. The lowest BCUT2D eigenvalue weighted by Crippen LogP contribution is -2.24. The van der Waals surface area contributed by atoms with Crippen LogP contribution in [0.5, 0.6) is 5.75 Å². The number of anilines is 3. The first-order valence-corrected chi connectivity index (χ1v) is 8.91. The minimum absolute atomic E-state index is 0.0199. The molecule has 29 heavy (non-hydrogen) atoms. The Hall–Kier alpha value is -3.95. The van der Waals surface area contributed by atoms with Crippen molar-refractivity contribution >= 4 is 34.4 Å². The van der Waals surface area contributed by atoms with Crippen LogP contribution >= 0.6 is 0 Å². The fourth-order valence-corrected chi connectivity index (χ4v) is 3.35. The summed E-state index contributed by atoms with van der Waals surface area (Å²) in [5, 5.41) is 14.4. The zero-order chi connectivity index (χ0) is 20.5. The predicted molar refractivity (Wildman–Crippen MR) is 106 cm³/mol. The summed E-state index contributed by atoms with van der Waals surface area (Å²) < 4.78 is 6.47. The van der Waals surface area contributed by atoms with Crippen LogP contribution in [0.4, 0.5) is 22.9 Å². The largest absolute Gasteiger partial charge is 0.495 e. The quantitative estimate of drug-likeness (QED) is 0.521. The van der Waals surface area contributed by atoms with E-state index in [1.54, 1.807) is 41.3 Å². The van der Waals surface area contributed by atoms with Crippen molar-refractivity contribution in [3.05, 3.63) is 63.1 Å². The number of fused-ring (bicyclic) bond motifs is 1. The number of nitrogens with one attached hydrogen (secondary N) is 1. The highest BCUT2D eigenvalue weighted by atomic mass is 16.6. The van der Waals surface area contributed by atoms with Crippen molar-refractivity contribution in [2.75, 3.05) is 23.9 Å².